The predicted molar refractivity (Wildman–Crippen MR) is 96.7 cm³/mol. The summed E-state index contributed by atoms with van der Waals surface area (Å²) in [5, 5.41) is 3.50. The second-order valence-corrected chi connectivity index (χ2v) is 7.28. The van der Waals surface area contributed by atoms with E-state index in [1.165, 1.54) is 18.5 Å². The number of benzene rings is 1. The summed E-state index contributed by atoms with van der Waals surface area (Å²) in [4.78, 5) is 22.5. The van der Waals surface area contributed by atoms with E-state index in [9.17, 15) is 9.18 Å². The fraction of sp³-hybridized carbons (Fsp3) is 0.526. The molecule has 2 aliphatic heterocycles. The molecule has 1 amide bonds. The van der Waals surface area contributed by atoms with Gasteiger partial charge in [0.25, 0.3) is 0 Å². The molecule has 0 spiro atoms. The first-order valence-electron chi connectivity index (χ1n) is 9.24. The number of alkyl halides is 1. The minimum Gasteiger partial charge on any atom is -0.381 e. The van der Waals surface area contributed by atoms with Crippen molar-refractivity contribution in [2.24, 2.45) is 5.92 Å². The van der Waals surface area contributed by atoms with Crippen molar-refractivity contribution in [3.8, 4) is 0 Å². The monoisotopic (exact) mass is 376 g/mol. The minimum absolute atomic E-state index is 0.0197. The summed E-state index contributed by atoms with van der Waals surface area (Å²) in [6.45, 7) is 1.97. The van der Waals surface area contributed by atoms with Crippen LogP contribution in [0.2, 0.25) is 0 Å². The molecule has 1 aromatic heterocycles. The van der Waals surface area contributed by atoms with Crippen molar-refractivity contribution in [1.82, 2.24) is 15.3 Å². The second-order valence-electron chi connectivity index (χ2n) is 7.28. The number of piperidine rings is 1. The maximum absolute atomic E-state index is 15.1. The molecule has 2 aliphatic rings. The number of rotatable bonds is 4. The molecule has 8 heteroatoms. The third-order valence-electron chi connectivity index (χ3n) is 5.42. The maximum Gasteiger partial charge on any atom is 0.225 e. The van der Waals surface area contributed by atoms with Crippen LogP contribution in [0.15, 0.2) is 24.5 Å². The van der Waals surface area contributed by atoms with Crippen molar-refractivity contribution >= 4 is 22.6 Å². The molecule has 0 aliphatic carbocycles. The Morgan fingerprint density at radius 1 is 1.33 bits per heavy atom. The molecule has 27 heavy (non-hydrogen) atoms. The number of fused-ring (bicyclic) bond motifs is 1. The lowest BCUT2D eigenvalue weighted by Gasteiger charge is -2.37. The highest BCUT2D eigenvalue weighted by atomic mass is 19.1. The first-order valence-corrected chi connectivity index (χ1v) is 9.24. The molecular formula is C19H22F2N4O2. The lowest BCUT2D eigenvalue weighted by atomic mass is 9.92. The number of hydrogen-bond acceptors (Lipinski definition) is 5. The van der Waals surface area contributed by atoms with Gasteiger partial charge >= 0.3 is 0 Å². The number of ether oxygens (including phenoxy) is 1. The number of amides is 1. The molecule has 1 unspecified atom stereocenters. The van der Waals surface area contributed by atoms with E-state index < -0.39 is 5.67 Å². The van der Waals surface area contributed by atoms with E-state index in [2.05, 4.69) is 15.3 Å². The summed E-state index contributed by atoms with van der Waals surface area (Å²) >= 11 is 0. The Hall–Kier alpha value is -2.35. The van der Waals surface area contributed by atoms with E-state index in [1.54, 1.807) is 6.07 Å². The van der Waals surface area contributed by atoms with E-state index >= 15 is 4.39 Å². The van der Waals surface area contributed by atoms with Crippen LogP contribution in [0.3, 0.4) is 0 Å². The summed E-state index contributed by atoms with van der Waals surface area (Å²) in [5.41, 5.74) is -0.899. The van der Waals surface area contributed by atoms with Crippen molar-refractivity contribution in [1.29, 1.82) is 0 Å². The number of carbonyl (C=O) groups is 1. The van der Waals surface area contributed by atoms with Gasteiger partial charge in [0, 0.05) is 44.0 Å². The lowest BCUT2D eigenvalue weighted by Crippen LogP contribution is -2.49. The predicted octanol–water partition coefficient (Wildman–Crippen LogP) is 2.23. The Bertz CT molecular complexity index is 834. The van der Waals surface area contributed by atoms with Gasteiger partial charge in [-0.2, -0.15) is 0 Å². The van der Waals surface area contributed by atoms with Crippen LogP contribution in [0.1, 0.15) is 19.3 Å². The van der Waals surface area contributed by atoms with Crippen molar-refractivity contribution in [2.45, 2.75) is 24.9 Å². The fourth-order valence-corrected chi connectivity index (χ4v) is 3.70. The highest BCUT2D eigenvalue weighted by molar-refractivity contribution is 5.89. The zero-order chi connectivity index (χ0) is 18.9. The molecule has 1 aromatic carbocycles. The number of anilines is 1. The third kappa shape index (κ3) is 3.85. The van der Waals surface area contributed by atoms with Gasteiger partial charge in [-0.15, -0.1) is 0 Å². The van der Waals surface area contributed by atoms with Crippen LogP contribution < -0.4 is 10.2 Å². The Morgan fingerprint density at radius 2 is 2.15 bits per heavy atom. The average molecular weight is 376 g/mol. The average Bonchev–Trinajstić information content (AvgIpc) is 3.21. The summed E-state index contributed by atoms with van der Waals surface area (Å²) < 4.78 is 33.7. The lowest BCUT2D eigenvalue weighted by molar-refractivity contribution is -0.125. The van der Waals surface area contributed by atoms with Crippen LogP contribution in [0, 0.1) is 11.7 Å². The van der Waals surface area contributed by atoms with Gasteiger partial charge < -0.3 is 15.0 Å². The number of carbonyl (C=O) groups excluding carboxylic acids is 1. The van der Waals surface area contributed by atoms with E-state index in [4.69, 9.17) is 4.74 Å². The smallest absolute Gasteiger partial charge is 0.225 e. The van der Waals surface area contributed by atoms with E-state index in [0.717, 1.165) is 5.39 Å². The zero-order valence-corrected chi connectivity index (χ0v) is 15.0. The van der Waals surface area contributed by atoms with Crippen LogP contribution >= 0.6 is 0 Å². The number of nitrogens with zero attached hydrogens (tertiary/aromatic N) is 3. The Balaban J connectivity index is 1.39. The maximum atomic E-state index is 15.1. The van der Waals surface area contributed by atoms with Crippen LogP contribution in [0.5, 0.6) is 0 Å². The molecular weight excluding hydrogens is 354 g/mol. The van der Waals surface area contributed by atoms with E-state index in [-0.39, 0.29) is 24.2 Å². The molecule has 2 aromatic rings. The van der Waals surface area contributed by atoms with Crippen LogP contribution in [-0.2, 0) is 9.53 Å². The molecule has 0 bridgehead atoms. The van der Waals surface area contributed by atoms with Gasteiger partial charge in [0.2, 0.25) is 5.91 Å². The Kier molecular flexibility index (Phi) is 4.90. The molecule has 2 fully saturated rings. The summed E-state index contributed by atoms with van der Waals surface area (Å²) in [5.74, 6) is 0.0448. The van der Waals surface area contributed by atoms with Crippen molar-refractivity contribution in [3.63, 3.8) is 0 Å². The molecule has 0 saturated carbocycles. The number of aromatic nitrogens is 2. The summed E-state index contributed by atoms with van der Waals surface area (Å²) in [6.07, 6.45) is 2.68. The highest BCUT2D eigenvalue weighted by Gasteiger charge is 2.36. The number of halogens is 2. The molecule has 6 nitrogen and oxygen atoms in total. The van der Waals surface area contributed by atoms with Gasteiger partial charge in [-0.25, -0.2) is 18.7 Å². The summed E-state index contributed by atoms with van der Waals surface area (Å²) in [6, 6.07) is 4.40. The third-order valence-corrected chi connectivity index (χ3v) is 5.42. The van der Waals surface area contributed by atoms with Gasteiger partial charge in [0.1, 0.15) is 23.6 Å². The summed E-state index contributed by atoms with van der Waals surface area (Å²) in [7, 11) is 0. The van der Waals surface area contributed by atoms with Crippen molar-refractivity contribution in [3.05, 3.63) is 30.3 Å². The Labute approximate surface area is 155 Å². The molecule has 144 valence electrons. The second kappa shape index (κ2) is 7.34. The number of hydrogen-bond donors (Lipinski definition) is 1. The highest BCUT2D eigenvalue weighted by Crippen LogP contribution is 2.31. The Morgan fingerprint density at radius 3 is 2.89 bits per heavy atom. The van der Waals surface area contributed by atoms with E-state index in [1.807, 2.05) is 4.90 Å². The zero-order valence-electron chi connectivity index (χ0n) is 15.0. The first kappa shape index (κ1) is 18.0. The molecule has 2 saturated heterocycles. The normalized spacial score (nSPS) is 22.1. The van der Waals surface area contributed by atoms with Gasteiger partial charge in [0.05, 0.1) is 24.6 Å². The minimum atomic E-state index is -1.43. The van der Waals surface area contributed by atoms with Gasteiger partial charge in [0.15, 0.2) is 0 Å². The molecule has 3 heterocycles. The van der Waals surface area contributed by atoms with E-state index in [0.29, 0.717) is 56.9 Å². The van der Waals surface area contributed by atoms with Crippen LogP contribution in [-0.4, -0.2) is 54.4 Å². The molecule has 1 atom stereocenters. The quantitative estimate of drug-likeness (QED) is 0.886. The van der Waals surface area contributed by atoms with Crippen LogP contribution in [0.4, 0.5) is 14.6 Å². The largest absolute Gasteiger partial charge is 0.381 e. The number of nitrogens with one attached hydrogen (secondary N) is 1. The SMILES string of the molecule is O=C(NCC1(F)CCN(c2ncnc3cc(F)ccc23)CC1)C1CCOC1. The molecule has 0 radical (unpaired) electrons. The first-order chi connectivity index (χ1) is 13.0. The fourth-order valence-electron chi connectivity index (χ4n) is 3.70. The van der Waals surface area contributed by atoms with Crippen LogP contribution in [0.25, 0.3) is 10.9 Å². The topological polar surface area (TPSA) is 67.4 Å². The van der Waals surface area contributed by atoms with Gasteiger partial charge in [-0.1, -0.05) is 0 Å². The molecule has 1 N–H and O–H groups in total. The van der Waals surface area contributed by atoms with Gasteiger partial charge in [-0.3, -0.25) is 4.79 Å². The van der Waals surface area contributed by atoms with Gasteiger partial charge in [-0.05, 0) is 18.6 Å². The van der Waals surface area contributed by atoms with Crippen molar-refractivity contribution < 1.29 is 18.3 Å². The standard InChI is InChI=1S/C19H22F2N4O2/c20-14-1-2-15-16(9-14)23-12-24-17(15)25-6-4-19(21,5-7-25)11-22-18(26)13-3-8-27-10-13/h1-2,9,12-13H,3-8,10-11H2,(H,22,26). The molecule has 4 rings (SSSR count). The van der Waals surface area contributed by atoms with Crippen molar-refractivity contribution in [2.75, 3.05) is 37.7 Å².